The Labute approximate surface area is 147 Å². The fourth-order valence-electron chi connectivity index (χ4n) is 3.05. The summed E-state index contributed by atoms with van der Waals surface area (Å²) in [6.45, 7) is 3.65. The highest BCUT2D eigenvalue weighted by Crippen LogP contribution is 2.35. The van der Waals surface area contributed by atoms with Crippen molar-refractivity contribution in [1.82, 2.24) is 19.9 Å². The average Bonchev–Trinajstić information content (AvgIpc) is 2.60. The van der Waals surface area contributed by atoms with E-state index in [1.165, 1.54) is 5.56 Å². The molecule has 0 saturated carbocycles. The minimum atomic E-state index is 0.232. The van der Waals surface area contributed by atoms with E-state index in [-0.39, 0.29) is 6.04 Å². The van der Waals surface area contributed by atoms with Gasteiger partial charge in [-0.15, -0.1) is 0 Å². The van der Waals surface area contributed by atoms with E-state index in [0.29, 0.717) is 0 Å². The zero-order valence-corrected chi connectivity index (χ0v) is 14.1. The molecular formula is C19H20N6. The molecule has 0 aliphatic carbocycles. The van der Waals surface area contributed by atoms with Crippen LogP contribution in [0.2, 0.25) is 0 Å². The summed E-state index contributed by atoms with van der Waals surface area (Å²) in [6.07, 6.45) is 6.28. The first-order chi connectivity index (χ1) is 12.3. The molecule has 1 atom stereocenters. The first kappa shape index (κ1) is 15.5. The third-order valence-electron chi connectivity index (χ3n) is 4.38. The molecule has 6 heteroatoms. The first-order valence-corrected chi connectivity index (χ1v) is 8.45. The van der Waals surface area contributed by atoms with Crippen molar-refractivity contribution >= 4 is 11.6 Å². The van der Waals surface area contributed by atoms with Crippen LogP contribution in [0.5, 0.6) is 0 Å². The highest BCUT2D eigenvalue weighted by atomic mass is 15.3. The summed E-state index contributed by atoms with van der Waals surface area (Å²) in [6, 6.07) is 12.6. The molecule has 1 fully saturated rings. The molecule has 25 heavy (non-hydrogen) atoms. The minimum Gasteiger partial charge on any atom is -0.366 e. The Bertz CT molecular complexity index is 837. The number of benzene rings is 1. The second kappa shape index (κ2) is 6.84. The van der Waals surface area contributed by atoms with Gasteiger partial charge in [-0.25, -0.2) is 15.0 Å². The Morgan fingerprint density at radius 3 is 2.76 bits per heavy atom. The number of aromatic nitrogens is 4. The van der Waals surface area contributed by atoms with Gasteiger partial charge in [0.1, 0.15) is 17.5 Å². The smallest absolute Gasteiger partial charge is 0.147 e. The summed E-state index contributed by atoms with van der Waals surface area (Å²) < 4.78 is 0. The molecule has 1 N–H and O–H groups in total. The summed E-state index contributed by atoms with van der Waals surface area (Å²) >= 11 is 0. The van der Waals surface area contributed by atoms with Crippen molar-refractivity contribution in [2.45, 2.75) is 25.9 Å². The average molecular weight is 332 g/mol. The van der Waals surface area contributed by atoms with Crippen LogP contribution in [0.3, 0.4) is 0 Å². The second-order valence-corrected chi connectivity index (χ2v) is 6.13. The monoisotopic (exact) mass is 332 g/mol. The third-order valence-corrected chi connectivity index (χ3v) is 4.38. The summed E-state index contributed by atoms with van der Waals surface area (Å²) in [5.74, 6) is 2.53. The molecule has 0 unspecified atom stereocenters. The van der Waals surface area contributed by atoms with E-state index in [4.69, 9.17) is 0 Å². The molecule has 0 amide bonds. The van der Waals surface area contributed by atoms with Crippen LogP contribution in [0.1, 0.15) is 29.5 Å². The van der Waals surface area contributed by atoms with Crippen molar-refractivity contribution in [3.8, 4) is 0 Å². The third kappa shape index (κ3) is 3.42. The molecule has 1 saturated heterocycles. The van der Waals surface area contributed by atoms with Gasteiger partial charge in [0.2, 0.25) is 0 Å². The number of rotatable bonds is 5. The van der Waals surface area contributed by atoms with Gasteiger partial charge in [-0.1, -0.05) is 30.3 Å². The summed E-state index contributed by atoms with van der Waals surface area (Å²) in [5.41, 5.74) is 2.25. The van der Waals surface area contributed by atoms with E-state index in [2.05, 4.69) is 42.3 Å². The van der Waals surface area contributed by atoms with Crippen molar-refractivity contribution in [2.24, 2.45) is 0 Å². The zero-order valence-electron chi connectivity index (χ0n) is 14.1. The lowest BCUT2D eigenvalue weighted by Gasteiger charge is -2.41. The highest BCUT2D eigenvalue weighted by Gasteiger charge is 2.32. The van der Waals surface area contributed by atoms with E-state index in [9.17, 15) is 0 Å². The lowest BCUT2D eigenvalue weighted by atomic mass is 9.99. The number of nitrogens with zero attached hydrogens (tertiary/aromatic N) is 5. The largest absolute Gasteiger partial charge is 0.366 e. The van der Waals surface area contributed by atoms with Crippen LogP contribution in [0.25, 0.3) is 0 Å². The number of hydrogen-bond donors (Lipinski definition) is 1. The standard InChI is InChI=1S/C19H20N6/c1-14-23-16(17-7-10-25(17)19-13-20-8-9-21-19)11-18(24-14)22-12-15-5-3-2-4-6-15/h2-6,8-9,11,13,17H,7,10,12H2,1H3,(H,22,23,24)/t17-/m0/s1. The van der Waals surface area contributed by atoms with Crippen LogP contribution >= 0.6 is 0 Å². The quantitative estimate of drug-likeness (QED) is 0.774. The predicted octanol–water partition coefficient (Wildman–Crippen LogP) is 3.14. The Kier molecular flexibility index (Phi) is 4.24. The van der Waals surface area contributed by atoms with Gasteiger partial charge in [0, 0.05) is 31.5 Å². The van der Waals surface area contributed by atoms with Crippen molar-refractivity contribution in [3.05, 3.63) is 72.1 Å². The molecule has 2 aromatic heterocycles. The predicted molar refractivity (Wildman–Crippen MR) is 97.3 cm³/mol. The van der Waals surface area contributed by atoms with Crippen molar-refractivity contribution in [3.63, 3.8) is 0 Å². The first-order valence-electron chi connectivity index (χ1n) is 8.45. The molecule has 4 rings (SSSR count). The second-order valence-electron chi connectivity index (χ2n) is 6.13. The van der Waals surface area contributed by atoms with Crippen LogP contribution in [-0.2, 0) is 6.54 Å². The highest BCUT2D eigenvalue weighted by molar-refractivity contribution is 5.46. The van der Waals surface area contributed by atoms with Crippen LogP contribution in [0.4, 0.5) is 11.6 Å². The maximum Gasteiger partial charge on any atom is 0.147 e. The van der Waals surface area contributed by atoms with Gasteiger partial charge >= 0.3 is 0 Å². The van der Waals surface area contributed by atoms with Crippen molar-refractivity contribution < 1.29 is 0 Å². The summed E-state index contributed by atoms with van der Waals surface area (Å²) in [5, 5.41) is 3.40. The van der Waals surface area contributed by atoms with Gasteiger partial charge in [0.25, 0.3) is 0 Å². The molecule has 0 radical (unpaired) electrons. The topological polar surface area (TPSA) is 66.8 Å². The van der Waals surface area contributed by atoms with Crippen LogP contribution in [0.15, 0.2) is 55.0 Å². The van der Waals surface area contributed by atoms with E-state index in [1.54, 1.807) is 18.6 Å². The van der Waals surface area contributed by atoms with E-state index in [1.807, 2.05) is 31.2 Å². The van der Waals surface area contributed by atoms with Crippen LogP contribution < -0.4 is 10.2 Å². The van der Waals surface area contributed by atoms with Gasteiger partial charge < -0.3 is 10.2 Å². The maximum absolute atomic E-state index is 4.65. The molecule has 0 spiro atoms. The number of hydrogen-bond acceptors (Lipinski definition) is 6. The molecule has 6 nitrogen and oxygen atoms in total. The summed E-state index contributed by atoms with van der Waals surface area (Å²) in [4.78, 5) is 20.0. The Morgan fingerprint density at radius 1 is 1.16 bits per heavy atom. The number of nitrogens with one attached hydrogen (secondary N) is 1. The lowest BCUT2D eigenvalue weighted by molar-refractivity contribution is 0.449. The number of aryl methyl sites for hydroxylation is 1. The van der Waals surface area contributed by atoms with E-state index >= 15 is 0 Å². The summed E-state index contributed by atoms with van der Waals surface area (Å²) in [7, 11) is 0. The Balaban J connectivity index is 1.52. The molecular weight excluding hydrogens is 312 g/mol. The number of anilines is 2. The fraction of sp³-hybridized carbons (Fsp3) is 0.263. The van der Waals surface area contributed by atoms with Gasteiger partial charge in [0.15, 0.2) is 0 Å². The molecule has 0 bridgehead atoms. The molecule has 1 aliphatic rings. The van der Waals surface area contributed by atoms with Gasteiger partial charge in [-0.05, 0) is 18.9 Å². The SMILES string of the molecule is Cc1nc(NCc2ccccc2)cc([C@@H]2CCN2c2cnccn2)n1. The Morgan fingerprint density at radius 2 is 2.04 bits per heavy atom. The maximum atomic E-state index is 4.65. The zero-order chi connectivity index (χ0) is 17.1. The van der Waals surface area contributed by atoms with Gasteiger partial charge in [-0.3, -0.25) is 4.98 Å². The van der Waals surface area contributed by atoms with Gasteiger partial charge in [0.05, 0.1) is 17.9 Å². The molecule has 3 aromatic rings. The van der Waals surface area contributed by atoms with Crippen LogP contribution in [-0.4, -0.2) is 26.5 Å². The normalized spacial score (nSPS) is 16.4. The van der Waals surface area contributed by atoms with Crippen molar-refractivity contribution in [1.29, 1.82) is 0 Å². The van der Waals surface area contributed by atoms with E-state index < -0.39 is 0 Å². The minimum absolute atomic E-state index is 0.232. The van der Waals surface area contributed by atoms with E-state index in [0.717, 1.165) is 42.7 Å². The Hall–Kier alpha value is -3.02. The molecule has 1 aromatic carbocycles. The lowest BCUT2D eigenvalue weighted by Crippen LogP contribution is -2.42. The molecule has 1 aliphatic heterocycles. The molecule has 3 heterocycles. The molecule has 126 valence electrons. The van der Waals surface area contributed by atoms with Crippen molar-refractivity contribution in [2.75, 3.05) is 16.8 Å². The van der Waals surface area contributed by atoms with Crippen LogP contribution in [0, 0.1) is 6.92 Å². The fourth-order valence-corrected chi connectivity index (χ4v) is 3.05. The van der Waals surface area contributed by atoms with Gasteiger partial charge in [-0.2, -0.15) is 0 Å².